The third-order valence-electron chi connectivity index (χ3n) is 5.19. The molecule has 0 fully saturated rings. The lowest BCUT2D eigenvalue weighted by atomic mass is 10.2. The van der Waals surface area contributed by atoms with Crippen molar-refractivity contribution in [3.05, 3.63) is 35.9 Å². The van der Waals surface area contributed by atoms with Crippen molar-refractivity contribution in [3.8, 4) is 0 Å². The minimum absolute atomic E-state index is 0.0308. The van der Waals surface area contributed by atoms with Gasteiger partial charge in [-0.1, -0.05) is 30.3 Å². The Hall–Kier alpha value is -1.01. The first kappa shape index (κ1) is 44.0. The number of carbonyl (C=O) groups excluding carboxylic acids is 1. The smallest absolute Gasteiger partial charge is 0.316 e. The van der Waals surface area contributed by atoms with E-state index in [1.165, 1.54) is 0 Å². The molecule has 0 amide bonds. The molecular weight excluding hydrogens is 628 g/mol. The molecule has 0 spiro atoms. The lowest BCUT2D eigenvalue weighted by molar-refractivity contribution is -0.141. The van der Waals surface area contributed by atoms with Gasteiger partial charge in [0, 0.05) is 13.2 Å². The highest BCUT2D eigenvalue weighted by molar-refractivity contribution is 7.99. The highest BCUT2D eigenvalue weighted by Gasteiger charge is 2.03. The number of benzene rings is 1. The summed E-state index contributed by atoms with van der Waals surface area (Å²) in [5, 5.41) is 17.0. The van der Waals surface area contributed by atoms with Crippen LogP contribution in [0.25, 0.3) is 0 Å². The van der Waals surface area contributed by atoms with Gasteiger partial charge in [-0.15, -0.1) is 0 Å². The van der Waals surface area contributed by atoms with Gasteiger partial charge in [-0.05, 0) is 29.9 Å². The molecule has 12 nitrogen and oxygen atoms in total. The van der Waals surface area contributed by atoms with E-state index >= 15 is 0 Å². The summed E-state index contributed by atoms with van der Waals surface area (Å²) < 4.78 is 47.3. The van der Waals surface area contributed by atoms with Crippen LogP contribution in [-0.4, -0.2) is 152 Å². The number of aliphatic hydroxyl groups excluding tert-OH is 2. The van der Waals surface area contributed by atoms with E-state index in [2.05, 4.69) is 12.6 Å². The molecular formula is C31H56O12S2. The zero-order chi connectivity index (χ0) is 32.7. The number of carbonyl (C=O) groups is 1. The van der Waals surface area contributed by atoms with Crippen LogP contribution in [-0.2, 0) is 54.0 Å². The summed E-state index contributed by atoms with van der Waals surface area (Å²) in [5.41, 5.74) is 0.995. The molecule has 1 aromatic rings. The predicted molar refractivity (Wildman–Crippen MR) is 177 cm³/mol. The average molecular weight is 685 g/mol. The molecule has 0 aliphatic carbocycles. The fourth-order valence-corrected chi connectivity index (χ4v) is 3.86. The molecule has 0 atom stereocenters. The Bertz CT molecular complexity index is 692. The number of ether oxygens (including phenoxy) is 9. The van der Waals surface area contributed by atoms with Crippen molar-refractivity contribution in [2.45, 2.75) is 19.4 Å². The Morgan fingerprint density at radius 1 is 0.578 bits per heavy atom. The molecule has 1 rings (SSSR count). The van der Waals surface area contributed by atoms with E-state index in [0.29, 0.717) is 111 Å². The molecule has 264 valence electrons. The molecule has 0 bridgehead atoms. The first-order valence-electron chi connectivity index (χ1n) is 15.5. The van der Waals surface area contributed by atoms with Gasteiger partial charge in [0.15, 0.2) is 0 Å². The van der Waals surface area contributed by atoms with E-state index < -0.39 is 0 Å². The highest BCUT2D eigenvalue weighted by atomic mass is 32.2. The Morgan fingerprint density at radius 2 is 0.978 bits per heavy atom. The summed E-state index contributed by atoms with van der Waals surface area (Å²) in [6.45, 7) is 8.96. The van der Waals surface area contributed by atoms with E-state index in [0.717, 1.165) is 36.5 Å². The standard InChI is InChI=1S/C20H32O7S.C11H24O5S/c21-7-9-24-11-13-26-15-14-25-12-10-23-8-4-16-28-18-20(22)27-17-19-5-2-1-3-6-19;12-2-4-14-6-8-16-10-9-15-7-5-13-3-1-11-17/h1-3,5-6,21H,4,7-18H2;12,17H,1-11H2. The summed E-state index contributed by atoms with van der Waals surface area (Å²) in [6.07, 6.45) is 1.85. The maximum atomic E-state index is 11.6. The Labute approximate surface area is 279 Å². The monoisotopic (exact) mass is 684 g/mol. The van der Waals surface area contributed by atoms with Gasteiger partial charge in [-0.25, -0.2) is 0 Å². The SMILES string of the molecule is O=C(CSCCCOCCOCCOCCOCCO)OCc1ccccc1.OCCOCCOCCOCCOCCCS. The van der Waals surface area contributed by atoms with Crippen molar-refractivity contribution in [1.29, 1.82) is 0 Å². The maximum absolute atomic E-state index is 11.6. The van der Waals surface area contributed by atoms with Crippen LogP contribution < -0.4 is 0 Å². The van der Waals surface area contributed by atoms with Gasteiger partial charge in [0.05, 0.1) is 111 Å². The van der Waals surface area contributed by atoms with E-state index in [1.807, 2.05) is 30.3 Å². The molecule has 2 N–H and O–H groups in total. The van der Waals surface area contributed by atoms with Gasteiger partial charge in [0.25, 0.3) is 0 Å². The van der Waals surface area contributed by atoms with Gasteiger partial charge >= 0.3 is 5.97 Å². The van der Waals surface area contributed by atoms with Crippen molar-refractivity contribution >= 4 is 30.4 Å². The zero-order valence-corrected chi connectivity index (χ0v) is 28.4. The van der Waals surface area contributed by atoms with Crippen molar-refractivity contribution < 1.29 is 57.6 Å². The third-order valence-corrected chi connectivity index (χ3v) is 6.52. The van der Waals surface area contributed by atoms with Crippen LogP contribution in [0.1, 0.15) is 18.4 Å². The van der Waals surface area contributed by atoms with Crippen LogP contribution in [0, 0.1) is 0 Å². The topological polar surface area (TPSA) is 141 Å². The second-order valence-corrected chi connectivity index (χ2v) is 10.5. The molecule has 0 saturated carbocycles. The first-order chi connectivity index (χ1) is 22.2. The number of aliphatic hydroxyl groups is 2. The molecule has 0 radical (unpaired) electrons. The Balaban J connectivity index is 0.000000976. The normalized spacial score (nSPS) is 10.9. The molecule has 0 aliphatic rings. The second-order valence-electron chi connectivity index (χ2n) is 8.98. The van der Waals surface area contributed by atoms with Crippen LogP contribution in [0.15, 0.2) is 30.3 Å². The second kappa shape index (κ2) is 39.2. The molecule has 0 aromatic heterocycles. The van der Waals surface area contributed by atoms with Crippen LogP contribution >= 0.6 is 24.4 Å². The van der Waals surface area contributed by atoms with Crippen molar-refractivity contribution in [2.75, 3.05) is 136 Å². The van der Waals surface area contributed by atoms with Crippen molar-refractivity contribution in [3.63, 3.8) is 0 Å². The summed E-state index contributed by atoms with van der Waals surface area (Å²) in [7, 11) is 0. The van der Waals surface area contributed by atoms with Gasteiger partial charge in [0.2, 0.25) is 0 Å². The van der Waals surface area contributed by atoms with Crippen molar-refractivity contribution in [1.82, 2.24) is 0 Å². The maximum Gasteiger partial charge on any atom is 0.316 e. The van der Waals surface area contributed by atoms with Crippen LogP contribution in [0.3, 0.4) is 0 Å². The number of thioether (sulfide) groups is 1. The molecule has 0 saturated heterocycles. The Kier molecular flexibility index (Phi) is 38.3. The molecule has 0 unspecified atom stereocenters. The average Bonchev–Trinajstić information content (AvgIpc) is 3.06. The van der Waals surface area contributed by atoms with E-state index in [1.54, 1.807) is 11.8 Å². The zero-order valence-electron chi connectivity index (χ0n) is 26.7. The van der Waals surface area contributed by atoms with Gasteiger partial charge in [0.1, 0.15) is 6.61 Å². The summed E-state index contributed by atoms with van der Waals surface area (Å²) in [6, 6.07) is 9.65. The van der Waals surface area contributed by atoms with Crippen LogP contribution in [0.2, 0.25) is 0 Å². The van der Waals surface area contributed by atoms with E-state index in [9.17, 15) is 4.79 Å². The summed E-state index contributed by atoms with van der Waals surface area (Å²) in [4.78, 5) is 11.6. The summed E-state index contributed by atoms with van der Waals surface area (Å²) >= 11 is 5.64. The molecule has 45 heavy (non-hydrogen) atoms. The van der Waals surface area contributed by atoms with Gasteiger partial charge in [-0.2, -0.15) is 24.4 Å². The molecule has 0 heterocycles. The van der Waals surface area contributed by atoms with Gasteiger partial charge < -0.3 is 52.8 Å². The van der Waals surface area contributed by atoms with E-state index in [4.69, 9.17) is 52.8 Å². The molecule has 1 aromatic carbocycles. The van der Waals surface area contributed by atoms with E-state index in [-0.39, 0.29) is 19.2 Å². The largest absolute Gasteiger partial charge is 0.460 e. The lowest BCUT2D eigenvalue weighted by Gasteiger charge is -2.07. The fraction of sp³-hybridized carbons (Fsp3) is 0.774. The lowest BCUT2D eigenvalue weighted by Crippen LogP contribution is -2.13. The quantitative estimate of drug-likeness (QED) is 0.0567. The van der Waals surface area contributed by atoms with Crippen molar-refractivity contribution in [2.24, 2.45) is 0 Å². The van der Waals surface area contributed by atoms with Gasteiger partial charge in [-0.3, -0.25) is 4.79 Å². The third kappa shape index (κ3) is 37.3. The minimum Gasteiger partial charge on any atom is -0.460 e. The number of rotatable bonds is 33. The predicted octanol–water partition coefficient (Wildman–Crippen LogP) is 2.28. The van der Waals surface area contributed by atoms with Crippen LogP contribution in [0.4, 0.5) is 0 Å². The minimum atomic E-state index is -0.189. The molecule has 14 heteroatoms. The number of hydrogen-bond donors (Lipinski definition) is 3. The first-order valence-corrected chi connectivity index (χ1v) is 17.2. The summed E-state index contributed by atoms with van der Waals surface area (Å²) in [5.74, 6) is 1.88. The fourth-order valence-electron chi connectivity index (χ4n) is 3.02. The highest BCUT2D eigenvalue weighted by Crippen LogP contribution is 2.06. The number of hydrogen-bond acceptors (Lipinski definition) is 14. The van der Waals surface area contributed by atoms with Crippen LogP contribution in [0.5, 0.6) is 0 Å². The number of esters is 1. The Morgan fingerprint density at radius 3 is 1.40 bits per heavy atom. The molecule has 0 aliphatic heterocycles. The number of thiol groups is 1.